The average Bonchev–Trinajstić information content (AvgIpc) is 2.47. The fourth-order valence-electron chi connectivity index (χ4n) is 1.98. The second kappa shape index (κ2) is 7.27. The van der Waals surface area contributed by atoms with E-state index in [4.69, 9.17) is 0 Å². The molecule has 0 fully saturated rings. The Bertz CT molecular complexity index is 610. The van der Waals surface area contributed by atoms with Gasteiger partial charge in [-0.15, -0.1) is 11.8 Å². The summed E-state index contributed by atoms with van der Waals surface area (Å²) in [4.78, 5) is 12.9. The number of hydrogen-bond acceptors (Lipinski definition) is 2. The van der Waals surface area contributed by atoms with Crippen LogP contribution >= 0.6 is 11.8 Å². The van der Waals surface area contributed by atoms with Crippen LogP contribution in [-0.2, 0) is 4.79 Å². The van der Waals surface area contributed by atoms with E-state index < -0.39 is 0 Å². The molecule has 0 aliphatic heterocycles. The van der Waals surface area contributed by atoms with Crippen molar-refractivity contribution in [2.45, 2.75) is 24.7 Å². The van der Waals surface area contributed by atoms with Crippen molar-refractivity contribution in [1.29, 1.82) is 0 Å². The third kappa shape index (κ3) is 4.60. The molecule has 2 rings (SSSR count). The molecule has 0 aliphatic rings. The maximum Gasteiger partial charge on any atom is 0.234 e. The summed E-state index contributed by atoms with van der Waals surface area (Å²) < 4.78 is 12.8. The van der Waals surface area contributed by atoms with E-state index in [9.17, 15) is 9.18 Å². The zero-order chi connectivity index (χ0) is 15.2. The van der Waals surface area contributed by atoms with Crippen molar-refractivity contribution in [2.75, 3.05) is 11.1 Å². The van der Waals surface area contributed by atoms with Crippen LogP contribution in [0.3, 0.4) is 0 Å². The molecule has 2 aromatic carbocycles. The van der Waals surface area contributed by atoms with Gasteiger partial charge in [0.2, 0.25) is 5.91 Å². The van der Waals surface area contributed by atoms with Crippen LogP contribution in [0.1, 0.15) is 25.3 Å². The monoisotopic (exact) mass is 303 g/mol. The second-order valence-corrected chi connectivity index (χ2v) is 6.08. The van der Waals surface area contributed by atoms with E-state index in [2.05, 4.69) is 19.2 Å². The molecule has 2 aromatic rings. The third-order valence-corrected chi connectivity index (χ3v) is 4.05. The van der Waals surface area contributed by atoms with Crippen molar-refractivity contribution in [2.24, 2.45) is 0 Å². The van der Waals surface area contributed by atoms with Gasteiger partial charge in [0.25, 0.3) is 0 Å². The van der Waals surface area contributed by atoms with Crippen LogP contribution in [0.4, 0.5) is 10.1 Å². The Kier molecular flexibility index (Phi) is 5.39. The number of halogens is 1. The lowest BCUT2D eigenvalue weighted by Gasteiger charge is -2.13. The minimum Gasteiger partial charge on any atom is -0.325 e. The molecule has 0 saturated heterocycles. The Hall–Kier alpha value is -1.81. The van der Waals surface area contributed by atoms with Crippen molar-refractivity contribution in [3.05, 3.63) is 59.9 Å². The van der Waals surface area contributed by atoms with Crippen LogP contribution in [0.25, 0.3) is 0 Å². The average molecular weight is 303 g/mol. The molecular weight excluding hydrogens is 285 g/mol. The van der Waals surface area contributed by atoms with Gasteiger partial charge in [0.1, 0.15) is 5.82 Å². The topological polar surface area (TPSA) is 29.1 Å². The lowest BCUT2D eigenvalue weighted by atomic mass is 10.0. The Morgan fingerprint density at radius 3 is 2.48 bits per heavy atom. The van der Waals surface area contributed by atoms with Gasteiger partial charge in [-0.2, -0.15) is 0 Å². The first kappa shape index (κ1) is 15.6. The van der Waals surface area contributed by atoms with E-state index >= 15 is 0 Å². The lowest BCUT2D eigenvalue weighted by molar-refractivity contribution is -0.113. The fraction of sp³-hybridized carbons (Fsp3) is 0.235. The highest BCUT2D eigenvalue weighted by atomic mass is 32.2. The standard InChI is InChI=1S/C17H18FNOS/c1-12(2)15-5-3-4-6-16(15)19-17(20)11-21-14-9-7-13(18)8-10-14/h3-10,12H,11H2,1-2H3,(H,19,20). The molecule has 0 bridgehead atoms. The van der Waals surface area contributed by atoms with Crippen LogP contribution in [0, 0.1) is 5.82 Å². The minimum absolute atomic E-state index is 0.0579. The van der Waals surface area contributed by atoms with E-state index in [0.717, 1.165) is 16.1 Å². The predicted molar refractivity (Wildman–Crippen MR) is 86.3 cm³/mol. The normalized spacial score (nSPS) is 10.7. The van der Waals surface area contributed by atoms with Gasteiger partial charge in [-0.25, -0.2) is 4.39 Å². The summed E-state index contributed by atoms with van der Waals surface area (Å²) in [6.45, 7) is 4.19. The summed E-state index contributed by atoms with van der Waals surface area (Å²) in [5.41, 5.74) is 1.98. The quantitative estimate of drug-likeness (QED) is 0.813. The van der Waals surface area contributed by atoms with Gasteiger partial charge < -0.3 is 5.32 Å². The summed E-state index contributed by atoms with van der Waals surface area (Å²) in [6.07, 6.45) is 0. The second-order valence-electron chi connectivity index (χ2n) is 5.03. The summed E-state index contributed by atoms with van der Waals surface area (Å²) in [6, 6.07) is 14.0. The number of nitrogens with one attached hydrogen (secondary N) is 1. The number of amides is 1. The van der Waals surface area contributed by atoms with Crippen LogP contribution < -0.4 is 5.32 Å². The van der Waals surface area contributed by atoms with Crippen molar-refractivity contribution in [1.82, 2.24) is 0 Å². The van der Waals surface area contributed by atoms with E-state index in [1.54, 1.807) is 12.1 Å². The van der Waals surface area contributed by atoms with Crippen LogP contribution in [0.15, 0.2) is 53.4 Å². The molecule has 4 heteroatoms. The highest BCUT2D eigenvalue weighted by molar-refractivity contribution is 8.00. The largest absolute Gasteiger partial charge is 0.325 e. The molecule has 1 amide bonds. The molecular formula is C17H18FNOS. The van der Waals surface area contributed by atoms with E-state index in [-0.39, 0.29) is 11.7 Å². The van der Waals surface area contributed by atoms with Gasteiger partial charge in [-0.3, -0.25) is 4.79 Å². The molecule has 0 atom stereocenters. The smallest absolute Gasteiger partial charge is 0.234 e. The first-order chi connectivity index (χ1) is 10.1. The Morgan fingerprint density at radius 2 is 1.81 bits per heavy atom. The molecule has 0 heterocycles. The van der Waals surface area contributed by atoms with Gasteiger partial charge in [0, 0.05) is 10.6 Å². The van der Waals surface area contributed by atoms with Crippen molar-refractivity contribution in [3.63, 3.8) is 0 Å². The van der Waals surface area contributed by atoms with E-state index in [1.165, 1.54) is 23.9 Å². The van der Waals surface area contributed by atoms with E-state index in [0.29, 0.717) is 11.7 Å². The van der Waals surface area contributed by atoms with Crippen LogP contribution in [0.5, 0.6) is 0 Å². The van der Waals surface area contributed by atoms with E-state index in [1.807, 2.05) is 24.3 Å². The van der Waals surface area contributed by atoms with Gasteiger partial charge >= 0.3 is 0 Å². The zero-order valence-corrected chi connectivity index (χ0v) is 12.9. The molecule has 2 nitrogen and oxygen atoms in total. The molecule has 0 unspecified atom stereocenters. The number of anilines is 1. The lowest BCUT2D eigenvalue weighted by Crippen LogP contribution is -2.15. The van der Waals surface area contributed by atoms with Crippen molar-refractivity contribution in [3.8, 4) is 0 Å². The molecule has 0 aliphatic carbocycles. The van der Waals surface area contributed by atoms with Gasteiger partial charge in [0.15, 0.2) is 0 Å². The Morgan fingerprint density at radius 1 is 1.14 bits per heavy atom. The molecule has 0 aromatic heterocycles. The van der Waals surface area contributed by atoms with Crippen LogP contribution in [-0.4, -0.2) is 11.7 Å². The van der Waals surface area contributed by atoms with Crippen molar-refractivity contribution < 1.29 is 9.18 Å². The third-order valence-electron chi connectivity index (χ3n) is 3.04. The number of para-hydroxylation sites is 1. The number of carbonyl (C=O) groups is 1. The van der Waals surface area contributed by atoms with Gasteiger partial charge in [0.05, 0.1) is 5.75 Å². The maximum absolute atomic E-state index is 12.8. The van der Waals surface area contributed by atoms with Crippen molar-refractivity contribution >= 4 is 23.4 Å². The first-order valence-electron chi connectivity index (χ1n) is 6.83. The minimum atomic E-state index is -0.269. The molecule has 110 valence electrons. The first-order valence-corrected chi connectivity index (χ1v) is 7.82. The molecule has 1 N–H and O–H groups in total. The van der Waals surface area contributed by atoms with Gasteiger partial charge in [-0.05, 0) is 41.8 Å². The zero-order valence-electron chi connectivity index (χ0n) is 12.1. The molecule has 21 heavy (non-hydrogen) atoms. The number of hydrogen-bond donors (Lipinski definition) is 1. The highest BCUT2D eigenvalue weighted by Crippen LogP contribution is 2.24. The highest BCUT2D eigenvalue weighted by Gasteiger charge is 2.09. The Labute approximate surface area is 128 Å². The SMILES string of the molecule is CC(C)c1ccccc1NC(=O)CSc1ccc(F)cc1. The number of thioether (sulfide) groups is 1. The molecule has 0 radical (unpaired) electrons. The summed E-state index contributed by atoms with van der Waals surface area (Å²) in [5.74, 6) is 0.330. The fourth-order valence-corrected chi connectivity index (χ4v) is 2.68. The number of benzene rings is 2. The molecule has 0 spiro atoms. The van der Waals surface area contributed by atoms with Crippen LogP contribution in [0.2, 0.25) is 0 Å². The number of carbonyl (C=O) groups excluding carboxylic acids is 1. The maximum atomic E-state index is 12.8. The summed E-state index contributed by atoms with van der Waals surface area (Å²) in [5, 5.41) is 2.94. The summed E-state index contributed by atoms with van der Waals surface area (Å²) >= 11 is 1.39. The van der Waals surface area contributed by atoms with Gasteiger partial charge in [-0.1, -0.05) is 32.0 Å². The Balaban J connectivity index is 1.94. The molecule has 0 saturated carbocycles. The predicted octanol–water partition coefficient (Wildman–Crippen LogP) is 4.68. The number of rotatable bonds is 5. The summed E-state index contributed by atoms with van der Waals surface area (Å²) in [7, 11) is 0.